The molecule has 3 aromatic heterocycles. The number of pyridine rings is 1. The number of hydrogen-bond donors (Lipinski definition) is 3. The molecular formula is C21H25N7O3. The highest BCUT2D eigenvalue weighted by molar-refractivity contribution is 6.05. The monoisotopic (exact) mass is 423 g/mol. The summed E-state index contributed by atoms with van der Waals surface area (Å²) in [7, 11) is 0. The summed E-state index contributed by atoms with van der Waals surface area (Å²) in [5, 5.41) is 5.98. The SMILES string of the molecule is CC(C)Cn1c(=O)[nH]c(=O)c2c(C(=O)NCCNc3ncccn3)cc(C3CC3)nc21. The minimum atomic E-state index is -0.601. The summed E-state index contributed by atoms with van der Waals surface area (Å²) in [5.41, 5.74) is 0.145. The van der Waals surface area contributed by atoms with Crippen molar-refractivity contribution in [3.8, 4) is 0 Å². The maximum absolute atomic E-state index is 13.0. The van der Waals surface area contributed by atoms with E-state index in [4.69, 9.17) is 0 Å². The minimum absolute atomic E-state index is 0.140. The van der Waals surface area contributed by atoms with E-state index in [-0.39, 0.29) is 34.3 Å². The first-order valence-electron chi connectivity index (χ1n) is 10.4. The lowest BCUT2D eigenvalue weighted by Crippen LogP contribution is -2.35. The molecule has 10 nitrogen and oxygen atoms in total. The van der Waals surface area contributed by atoms with E-state index in [0.29, 0.717) is 25.6 Å². The second-order valence-electron chi connectivity index (χ2n) is 8.09. The number of aromatic nitrogens is 5. The first-order valence-corrected chi connectivity index (χ1v) is 10.4. The van der Waals surface area contributed by atoms with Crippen molar-refractivity contribution in [1.29, 1.82) is 0 Å². The minimum Gasteiger partial charge on any atom is -0.352 e. The van der Waals surface area contributed by atoms with Gasteiger partial charge in [-0.05, 0) is 30.9 Å². The van der Waals surface area contributed by atoms with Crippen LogP contribution in [0.4, 0.5) is 5.95 Å². The summed E-state index contributed by atoms with van der Waals surface area (Å²) in [5.74, 6) is 0.512. The summed E-state index contributed by atoms with van der Waals surface area (Å²) >= 11 is 0. The molecule has 1 fully saturated rings. The van der Waals surface area contributed by atoms with Crippen LogP contribution < -0.4 is 21.9 Å². The second kappa shape index (κ2) is 8.66. The van der Waals surface area contributed by atoms with E-state index in [1.54, 1.807) is 24.5 Å². The maximum atomic E-state index is 13.0. The third kappa shape index (κ3) is 4.62. The number of carbonyl (C=O) groups excluding carboxylic acids is 1. The molecule has 10 heteroatoms. The van der Waals surface area contributed by atoms with Gasteiger partial charge in [0, 0.05) is 43.6 Å². The molecule has 0 aromatic carbocycles. The molecule has 0 unspecified atom stereocenters. The lowest BCUT2D eigenvalue weighted by atomic mass is 10.1. The fourth-order valence-corrected chi connectivity index (χ4v) is 3.43. The molecule has 1 amide bonds. The zero-order chi connectivity index (χ0) is 22.0. The van der Waals surface area contributed by atoms with Crippen LogP contribution in [0, 0.1) is 5.92 Å². The number of H-pyrrole nitrogens is 1. The van der Waals surface area contributed by atoms with Crippen molar-refractivity contribution >= 4 is 22.9 Å². The van der Waals surface area contributed by atoms with Gasteiger partial charge in [-0.2, -0.15) is 0 Å². The molecule has 1 saturated carbocycles. The molecule has 0 aliphatic heterocycles. The summed E-state index contributed by atoms with van der Waals surface area (Å²) in [6.45, 7) is 5.08. The van der Waals surface area contributed by atoms with Gasteiger partial charge in [-0.1, -0.05) is 13.8 Å². The molecule has 0 radical (unpaired) electrons. The van der Waals surface area contributed by atoms with Crippen molar-refractivity contribution < 1.29 is 4.79 Å². The number of carbonyl (C=O) groups is 1. The van der Waals surface area contributed by atoms with Gasteiger partial charge in [-0.3, -0.25) is 19.1 Å². The van der Waals surface area contributed by atoms with E-state index in [1.165, 1.54) is 4.57 Å². The van der Waals surface area contributed by atoms with Gasteiger partial charge < -0.3 is 10.6 Å². The van der Waals surface area contributed by atoms with E-state index < -0.39 is 11.2 Å². The molecule has 0 spiro atoms. The number of amides is 1. The average Bonchev–Trinajstić information content (AvgIpc) is 3.59. The van der Waals surface area contributed by atoms with Crippen LogP contribution >= 0.6 is 0 Å². The Hall–Kier alpha value is -3.56. The van der Waals surface area contributed by atoms with Crippen LogP contribution in [0.5, 0.6) is 0 Å². The van der Waals surface area contributed by atoms with Crippen LogP contribution in [-0.4, -0.2) is 43.5 Å². The van der Waals surface area contributed by atoms with Crippen molar-refractivity contribution in [2.75, 3.05) is 18.4 Å². The van der Waals surface area contributed by atoms with Crippen LogP contribution in [0.15, 0.2) is 34.1 Å². The molecule has 31 heavy (non-hydrogen) atoms. The fourth-order valence-electron chi connectivity index (χ4n) is 3.43. The first-order chi connectivity index (χ1) is 14.9. The fraction of sp³-hybridized carbons (Fsp3) is 0.429. The highest BCUT2D eigenvalue weighted by atomic mass is 16.2. The van der Waals surface area contributed by atoms with Crippen LogP contribution in [0.3, 0.4) is 0 Å². The molecule has 162 valence electrons. The van der Waals surface area contributed by atoms with Gasteiger partial charge in [0.05, 0.1) is 10.9 Å². The molecule has 1 aliphatic carbocycles. The third-order valence-electron chi connectivity index (χ3n) is 5.02. The molecular weight excluding hydrogens is 398 g/mol. The van der Waals surface area contributed by atoms with Gasteiger partial charge in [0.1, 0.15) is 0 Å². The smallest absolute Gasteiger partial charge is 0.330 e. The van der Waals surface area contributed by atoms with E-state index in [1.807, 2.05) is 13.8 Å². The molecule has 1 aliphatic rings. The van der Waals surface area contributed by atoms with Gasteiger partial charge in [0.2, 0.25) is 5.95 Å². The lowest BCUT2D eigenvalue weighted by Gasteiger charge is -2.15. The van der Waals surface area contributed by atoms with E-state index in [0.717, 1.165) is 18.5 Å². The molecule has 3 heterocycles. The van der Waals surface area contributed by atoms with Crippen LogP contribution in [0.2, 0.25) is 0 Å². The van der Waals surface area contributed by atoms with Crippen molar-refractivity contribution in [2.24, 2.45) is 5.92 Å². The van der Waals surface area contributed by atoms with Gasteiger partial charge in [-0.25, -0.2) is 19.7 Å². The normalized spacial score (nSPS) is 13.5. The largest absolute Gasteiger partial charge is 0.352 e. The summed E-state index contributed by atoms with van der Waals surface area (Å²) in [6, 6.07) is 3.40. The standard InChI is InChI=1S/C21H25N7O3/c1-12(2)11-28-17-16(19(30)27-21(28)31)14(10-15(26-17)13-4-5-13)18(29)22-8-9-25-20-23-6-3-7-24-20/h3,6-7,10,12-13H,4-5,8-9,11H2,1-2H3,(H,22,29)(H,23,24,25)(H,27,30,31). The Morgan fingerprint density at radius 2 is 1.97 bits per heavy atom. The Labute approximate surface area is 178 Å². The van der Waals surface area contributed by atoms with Gasteiger partial charge in [0.25, 0.3) is 11.5 Å². The summed E-state index contributed by atoms with van der Waals surface area (Å²) in [6.07, 6.45) is 5.22. The topological polar surface area (TPSA) is 135 Å². The predicted molar refractivity (Wildman–Crippen MR) is 116 cm³/mol. The summed E-state index contributed by atoms with van der Waals surface area (Å²) < 4.78 is 1.46. The number of fused-ring (bicyclic) bond motifs is 1. The number of nitrogens with zero attached hydrogens (tertiary/aromatic N) is 4. The van der Waals surface area contributed by atoms with E-state index >= 15 is 0 Å². The molecule has 3 aromatic rings. The highest BCUT2D eigenvalue weighted by Crippen LogP contribution is 2.39. The molecule has 0 saturated heterocycles. The van der Waals surface area contributed by atoms with Crippen molar-refractivity contribution in [3.63, 3.8) is 0 Å². The summed E-state index contributed by atoms with van der Waals surface area (Å²) in [4.78, 5) is 53.2. The van der Waals surface area contributed by atoms with E-state index in [9.17, 15) is 14.4 Å². The second-order valence-corrected chi connectivity index (χ2v) is 8.09. The van der Waals surface area contributed by atoms with Gasteiger partial charge in [0.15, 0.2) is 5.65 Å². The zero-order valence-electron chi connectivity index (χ0n) is 17.5. The molecule has 4 rings (SSSR count). The Balaban J connectivity index is 1.65. The molecule has 0 atom stereocenters. The zero-order valence-corrected chi connectivity index (χ0v) is 17.5. The van der Waals surface area contributed by atoms with Gasteiger partial charge >= 0.3 is 5.69 Å². The van der Waals surface area contributed by atoms with Crippen molar-refractivity contribution in [3.05, 3.63) is 56.6 Å². The Morgan fingerprint density at radius 3 is 2.65 bits per heavy atom. The first kappa shape index (κ1) is 20.7. The average molecular weight is 423 g/mol. The maximum Gasteiger partial charge on any atom is 0.330 e. The van der Waals surface area contributed by atoms with E-state index in [2.05, 4.69) is 30.6 Å². The number of rotatable bonds is 8. The number of anilines is 1. The van der Waals surface area contributed by atoms with Crippen LogP contribution in [0.1, 0.15) is 48.7 Å². The van der Waals surface area contributed by atoms with Crippen molar-refractivity contribution in [2.45, 2.75) is 39.2 Å². The van der Waals surface area contributed by atoms with Crippen LogP contribution in [-0.2, 0) is 6.54 Å². The number of aromatic amines is 1. The molecule has 0 bridgehead atoms. The Kier molecular flexibility index (Phi) is 5.79. The quantitative estimate of drug-likeness (QED) is 0.464. The number of hydrogen-bond acceptors (Lipinski definition) is 7. The highest BCUT2D eigenvalue weighted by Gasteiger charge is 2.28. The van der Waals surface area contributed by atoms with Crippen LogP contribution in [0.25, 0.3) is 11.0 Å². The Morgan fingerprint density at radius 1 is 1.23 bits per heavy atom. The Bertz CT molecular complexity index is 1210. The van der Waals surface area contributed by atoms with Crippen molar-refractivity contribution in [1.82, 2.24) is 29.8 Å². The lowest BCUT2D eigenvalue weighted by molar-refractivity contribution is 0.0956. The predicted octanol–water partition coefficient (Wildman–Crippen LogP) is 1.25. The third-order valence-corrected chi connectivity index (χ3v) is 5.02. The molecule has 3 N–H and O–H groups in total. The van der Waals surface area contributed by atoms with Gasteiger partial charge in [-0.15, -0.1) is 0 Å². The number of nitrogens with one attached hydrogen (secondary N) is 3.